The van der Waals surface area contributed by atoms with E-state index in [9.17, 15) is 10.1 Å². The van der Waals surface area contributed by atoms with Crippen molar-refractivity contribution in [3.05, 3.63) is 44.9 Å². The Balaban J connectivity index is 2.66. The summed E-state index contributed by atoms with van der Waals surface area (Å²) in [7, 11) is 0. The van der Waals surface area contributed by atoms with Crippen LogP contribution in [0.4, 0.5) is 11.4 Å². The zero-order valence-electron chi connectivity index (χ0n) is 9.49. The molecular formula is C11H12Cl2N2O2S. The first kappa shape index (κ1) is 15.1. The quantitative estimate of drug-likeness (QED) is 0.354. The molecule has 1 N–H and O–H groups in total. The number of nitro groups is 1. The number of thioether (sulfide) groups is 1. The average Bonchev–Trinajstić information content (AvgIpc) is 2.31. The normalized spacial score (nSPS) is 10.1. The largest absolute Gasteiger partial charge is 0.382 e. The van der Waals surface area contributed by atoms with Crippen LogP contribution in [0.15, 0.2) is 24.8 Å². The van der Waals surface area contributed by atoms with Crippen molar-refractivity contribution in [2.45, 2.75) is 0 Å². The van der Waals surface area contributed by atoms with E-state index in [0.717, 1.165) is 11.5 Å². The van der Waals surface area contributed by atoms with Crippen LogP contribution >= 0.6 is 35.0 Å². The molecule has 4 nitrogen and oxygen atoms in total. The number of nitrogens with one attached hydrogen (secondary N) is 1. The first-order valence-electron chi connectivity index (χ1n) is 5.12. The standard InChI is InChI=1S/C11H12Cl2N2O2S/c1-2-4-18-5-3-14-11-9(12)6-8(15(16)17)7-10(11)13/h2,6-7,14H,1,3-5H2. The van der Waals surface area contributed by atoms with Crippen molar-refractivity contribution in [3.63, 3.8) is 0 Å². The van der Waals surface area contributed by atoms with Crippen LogP contribution in [0.3, 0.4) is 0 Å². The Bertz CT molecular complexity index is 432. The van der Waals surface area contributed by atoms with Crippen molar-refractivity contribution in [1.29, 1.82) is 0 Å². The summed E-state index contributed by atoms with van der Waals surface area (Å²) in [5, 5.41) is 14.2. The molecule has 0 aliphatic carbocycles. The van der Waals surface area contributed by atoms with E-state index in [2.05, 4.69) is 11.9 Å². The minimum atomic E-state index is -0.526. The average molecular weight is 307 g/mol. The van der Waals surface area contributed by atoms with Gasteiger partial charge in [-0.25, -0.2) is 0 Å². The summed E-state index contributed by atoms with van der Waals surface area (Å²) in [4.78, 5) is 10.1. The van der Waals surface area contributed by atoms with Gasteiger partial charge in [0.25, 0.3) is 5.69 Å². The summed E-state index contributed by atoms with van der Waals surface area (Å²) in [6.07, 6.45) is 1.83. The lowest BCUT2D eigenvalue weighted by Crippen LogP contribution is -2.05. The maximum Gasteiger partial charge on any atom is 0.272 e. The Morgan fingerprint density at radius 1 is 1.44 bits per heavy atom. The van der Waals surface area contributed by atoms with Gasteiger partial charge in [0, 0.05) is 30.2 Å². The van der Waals surface area contributed by atoms with Crippen LogP contribution in [0.2, 0.25) is 10.0 Å². The number of nitro benzene ring substituents is 1. The van der Waals surface area contributed by atoms with Crippen LogP contribution in [0.25, 0.3) is 0 Å². The predicted octanol–water partition coefficient (Wildman–Crippen LogP) is 4.23. The van der Waals surface area contributed by atoms with Crippen LogP contribution < -0.4 is 5.32 Å². The van der Waals surface area contributed by atoms with E-state index in [-0.39, 0.29) is 15.7 Å². The van der Waals surface area contributed by atoms with E-state index in [1.165, 1.54) is 12.1 Å². The number of nitrogens with zero attached hydrogens (tertiary/aromatic N) is 1. The predicted molar refractivity (Wildman–Crippen MR) is 79.1 cm³/mol. The molecule has 0 aliphatic rings. The monoisotopic (exact) mass is 306 g/mol. The van der Waals surface area contributed by atoms with Crippen molar-refractivity contribution in [2.24, 2.45) is 0 Å². The molecule has 7 heteroatoms. The Labute approximate surface area is 119 Å². The molecule has 18 heavy (non-hydrogen) atoms. The lowest BCUT2D eigenvalue weighted by atomic mass is 10.3. The lowest BCUT2D eigenvalue weighted by Gasteiger charge is -2.09. The minimum absolute atomic E-state index is 0.114. The minimum Gasteiger partial charge on any atom is -0.382 e. The van der Waals surface area contributed by atoms with Gasteiger partial charge < -0.3 is 5.32 Å². The van der Waals surface area contributed by atoms with Gasteiger partial charge in [-0.05, 0) is 0 Å². The Hall–Kier alpha value is -0.910. The molecule has 1 aromatic carbocycles. The van der Waals surface area contributed by atoms with Gasteiger partial charge in [0.15, 0.2) is 0 Å². The van der Waals surface area contributed by atoms with Crippen LogP contribution in [-0.2, 0) is 0 Å². The molecule has 0 fully saturated rings. The molecule has 0 atom stereocenters. The number of halogens is 2. The number of hydrogen-bond acceptors (Lipinski definition) is 4. The second-order valence-electron chi connectivity index (χ2n) is 3.33. The topological polar surface area (TPSA) is 55.2 Å². The van der Waals surface area contributed by atoms with Crippen molar-refractivity contribution in [1.82, 2.24) is 0 Å². The highest BCUT2D eigenvalue weighted by molar-refractivity contribution is 7.99. The van der Waals surface area contributed by atoms with E-state index in [1.54, 1.807) is 11.8 Å². The van der Waals surface area contributed by atoms with Gasteiger partial charge in [-0.2, -0.15) is 11.8 Å². The third kappa shape index (κ3) is 4.40. The number of benzene rings is 1. The molecule has 0 bridgehead atoms. The van der Waals surface area contributed by atoms with E-state index in [1.807, 2.05) is 6.08 Å². The number of hydrogen-bond donors (Lipinski definition) is 1. The summed E-state index contributed by atoms with van der Waals surface area (Å²) in [5.41, 5.74) is 0.416. The Morgan fingerprint density at radius 2 is 2.06 bits per heavy atom. The second kappa shape index (κ2) is 7.51. The molecular weight excluding hydrogens is 295 g/mol. The van der Waals surface area contributed by atoms with Crippen molar-refractivity contribution >= 4 is 46.3 Å². The van der Waals surface area contributed by atoms with E-state index < -0.39 is 4.92 Å². The van der Waals surface area contributed by atoms with Gasteiger partial charge in [0.05, 0.1) is 20.7 Å². The summed E-state index contributed by atoms with van der Waals surface area (Å²) < 4.78 is 0. The Kier molecular flexibility index (Phi) is 6.32. The number of anilines is 1. The molecule has 0 unspecified atom stereocenters. The maximum absolute atomic E-state index is 10.6. The van der Waals surface area contributed by atoms with E-state index in [4.69, 9.17) is 23.2 Å². The maximum atomic E-state index is 10.6. The second-order valence-corrected chi connectivity index (χ2v) is 5.30. The van der Waals surface area contributed by atoms with Crippen LogP contribution in [-0.4, -0.2) is 23.0 Å². The zero-order chi connectivity index (χ0) is 13.5. The molecule has 98 valence electrons. The molecule has 0 heterocycles. The lowest BCUT2D eigenvalue weighted by molar-refractivity contribution is -0.384. The third-order valence-corrected chi connectivity index (χ3v) is 3.58. The fourth-order valence-corrected chi connectivity index (χ4v) is 2.44. The fourth-order valence-electron chi connectivity index (χ4n) is 1.25. The van der Waals surface area contributed by atoms with Crippen molar-refractivity contribution in [3.8, 4) is 0 Å². The fraction of sp³-hybridized carbons (Fsp3) is 0.273. The molecule has 1 aromatic rings. The number of rotatable bonds is 7. The van der Waals surface area contributed by atoms with Gasteiger partial charge in [-0.1, -0.05) is 29.3 Å². The molecule has 0 saturated heterocycles. The Morgan fingerprint density at radius 3 is 2.56 bits per heavy atom. The first-order valence-corrected chi connectivity index (χ1v) is 7.03. The van der Waals surface area contributed by atoms with Crippen molar-refractivity contribution in [2.75, 3.05) is 23.4 Å². The molecule has 0 aromatic heterocycles. The van der Waals surface area contributed by atoms with Crippen LogP contribution in [0.5, 0.6) is 0 Å². The van der Waals surface area contributed by atoms with Gasteiger partial charge in [-0.3, -0.25) is 10.1 Å². The molecule has 1 rings (SSSR count). The van der Waals surface area contributed by atoms with E-state index >= 15 is 0 Å². The molecule has 0 saturated carbocycles. The molecule has 0 amide bonds. The van der Waals surface area contributed by atoms with Crippen LogP contribution in [0.1, 0.15) is 0 Å². The highest BCUT2D eigenvalue weighted by Gasteiger charge is 2.13. The smallest absolute Gasteiger partial charge is 0.272 e. The summed E-state index contributed by atoms with van der Waals surface area (Å²) in [6.45, 7) is 4.30. The summed E-state index contributed by atoms with van der Waals surface area (Å²) in [6, 6.07) is 2.57. The summed E-state index contributed by atoms with van der Waals surface area (Å²) >= 11 is 13.6. The van der Waals surface area contributed by atoms with Crippen molar-refractivity contribution < 1.29 is 4.92 Å². The SMILES string of the molecule is C=CCSCCNc1c(Cl)cc([N+](=O)[O-])cc1Cl. The van der Waals surface area contributed by atoms with Gasteiger partial charge in [0.1, 0.15) is 0 Å². The van der Waals surface area contributed by atoms with E-state index in [0.29, 0.717) is 12.2 Å². The van der Waals surface area contributed by atoms with Gasteiger partial charge in [-0.15, -0.1) is 6.58 Å². The zero-order valence-corrected chi connectivity index (χ0v) is 11.8. The van der Waals surface area contributed by atoms with Crippen LogP contribution in [0, 0.1) is 10.1 Å². The molecule has 0 radical (unpaired) electrons. The highest BCUT2D eigenvalue weighted by atomic mass is 35.5. The third-order valence-electron chi connectivity index (χ3n) is 2.02. The molecule has 0 aliphatic heterocycles. The molecule has 0 spiro atoms. The highest BCUT2D eigenvalue weighted by Crippen LogP contribution is 2.34. The van der Waals surface area contributed by atoms with Gasteiger partial charge >= 0.3 is 0 Å². The first-order chi connectivity index (χ1) is 8.56. The van der Waals surface area contributed by atoms with Gasteiger partial charge in [0.2, 0.25) is 0 Å². The number of non-ortho nitro benzene ring substituents is 1. The summed E-state index contributed by atoms with van der Waals surface area (Å²) in [5.74, 6) is 1.75.